The van der Waals surface area contributed by atoms with E-state index in [1.807, 2.05) is 0 Å². The summed E-state index contributed by atoms with van der Waals surface area (Å²) in [7, 11) is -3.96. The highest BCUT2D eigenvalue weighted by Gasteiger charge is 2.20. The van der Waals surface area contributed by atoms with Gasteiger partial charge in [-0.2, -0.15) is 0 Å². The van der Waals surface area contributed by atoms with Crippen LogP contribution in [-0.2, 0) is 14.8 Å². The van der Waals surface area contributed by atoms with Crippen molar-refractivity contribution in [3.63, 3.8) is 0 Å². The molecule has 112 valence electrons. The lowest BCUT2D eigenvalue weighted by Gasteiger charge is -2.20. The normalized spacial score (nSPS) is 12.2. The van der Waals surface area contributed by atoms with Gasteiger partial charge in [0.15, 0.2) is 0 Å². The average molecular weight is 303 g/mol. The minimum Gasteiger partial charge on any atom is -0.398 e. The number of carbonyl (C=O) groups excluding carboxylic acids is 1. The summed E-state index contributed by atoms with van der Waals surface area (Å²) in [4.78, 5) is 11.3. The van der Waals surface area contributed by atoms with Gasteiger partial charge in [-0.05, 0) is 39.0 Å². The van der Waals surface area contributed by atoms with Gasteiger partial charge in [0.1, 0.15) is 10.7 Å². The van der Waals surface area contributed by atoms with Crippen molar-refractivity contribution in [3.8, 4) is 0 Å². The predicted octanol–water partition coefficient (Wildman–Crippen LogP) is 0.601. The first-order chi connectivity index (χ1) is 9.01. The Balaban J connectivity index is 2.78. The molecule has 1 amide bonds. The zero-order chi connectivity index (χ0) is 15.6. The van der Waals surface area contributed by atoms with Crippen molar-refractivity contribution in [1.29, 1.82) is 0 Å². The standard InChI is InChI=1S/C12H18FN3O3S/c1-12(2,3)16-11(17)7-15-20(18,19)10-5-4-8(13)6-9(10)14/h4-6,15H,7,14H2,1-3H3,(H,16,17). The Morgan fingerprint density at radius 3 is 2.45 bits per heavy atom. The quantitative estimate of drug-likeness (QED) is 0.709. The Morgan fingerprint density at radius 2 is 1.95 bits per heavy atom. The van der Waals surface area contributed by atoms with Gasteiger partial charge in [0, 0.05) is 5.54 Å². The molecule has 0 radical (unpaired) electrons. The van der Waals surface area contributed by atoms with Crippen LogP contribution in [0.4, 0.5) is 10.1 Å². The summed E-state index contributed by atoms with van der Waals surface area (Å²) in [5.41, 5.74) is 4.78. The van der Waals surface area contributed by atoms with Crippen molar-refractivity contribution >= 4 is 21.6 Å². The molecule has 0 heterocycles. The third-order valence-electron chi connectivity index (χ3n) is 2.20. The molecule has 1 aromatic rings. The second-order valence-electron chi connectivity index (χ2n) is 5.30. The molecular formula is C12H18FN3O3S. The summed E-state index contributed by atoms with van der Waals surface area (Å²) in [6.07, 6.45) is 0. The molecule has 0 aliphatic heterocycles. The molecule has 0 spiro atoms. The molecule has 20 heavy (non-hydrogen) atoms. The van der Waals surface area contributed by atoms with Crippen LogP contribution in [-0.4, -0.2) is 26.4 Å². The van der Waals surface area contributed by atoms with Gasteiger partial charge in [-0.15, -0.1) is 0 Å². The van der Waals surface area contributed by atoms with Gasteiger partial charge in [-0.3, -0.25) is 4.79 Å². The van der Waals surface area contributed by atoms with Gasteiger partial charge >= 0.3 is 0 Å². The number of sulfonamides is 1. The van der Waals surface area contributed by atoms with Crippen LogP contribution in [0.15, 0.2) is 23.1 Å². The summed E-state index contributed by atoms with van der Waals surface area (Å²) in [6.45, 7) is 4.91. The molecule has 0 saturated heterocycles. The van der Waals surface area contributed by atoms with E-state index in [9.17, 15) is 17.6 Å². The molecular weight excluding hydrogens is 285 g/mol. The van der Waals surface area contributed by atoms with Gasteiger partial charge < -0.3 is 11.1 Å². The molecule has 0 fully saturated rings. The molecule has 0 aliphatic carbocycles. The molecule has 6 nitrogen and oxygen atoms in total. The van der Waals surface area contributed by atoms with Crippen molar-refractivity contribution in [1.82, 2.24) is 10.0 Å². The van der Waals surface area contributed by atoms with E-state index >= 15 is 0 Å². The average Bonchev–Trinajstić information content (AvgIpc) is 2.23. The first-order valence-corrected chi connectivity index (χ1v) is 7.35. The van der Waals surface area contributed by atoms with E-state index in [2.05, 4.69) is 10.0 Å². The Hall–Kier alpha value is -1.67. The Kier molecular flexibility index (Phi) is 4.72. The first kappa shape index (κ1) is 16.4. The smallest absolute Gasteiger partial charge is 0.243 e. The van der Waals surface area contributed by atoms with Crippen LogP contribution in [0, 0.1) is 5.82 Å². The fourth-order valence-corrected chi connectivity index (χ4v) is 2.56. The Morgan fingerprint density at radius 1 is 1.35 bits per heavy atom. The van der Waals surface area contributed by atoms with Crippen LogP contribution in [0.25, 0.3) is 0 Å². The third-order valence-corrected chi connectivity index (χ3v) is 3.67. The summed E-state index contributed by atoms with van der Waals surface area (Å²) in [6, 6.07) is 2.94. The number of nitrogens with one attached hydrogen (secondary N) is 2. The fourth-order valence-electron chi connectivity index (χ4n) is 1.46. The second kappa shape index (κ2) is 5.76. The maximum absolute atomic E-state index is 12.9. The highest BCUT2D eigenvalue weighted by atomic mass is 32.2. The number of hydrogen-bond acceptors (Lipinski definition) is 4. The molecule has 0 atom stereocenters. The largest absolute Gasteiger partial charge is 0.398 e. The number of amides is 1. The molecule has 0 bridgehead atoms. The van der Waals surface area contributed by atoms with Gasteiger partial charge in [-0.25, -0.2) is 17.5 Å². The van der Waals surface area contributed by atoms with E-state index < -0.39 is 33.8 Å². The molecule has 0 unspecified atom stereocenters. The van der Waals surface area contributed by atoms with Gasteiger partial charge in [-0.1, -0.05) is 0 Å². The lowest BCUT2D eigenvalue weighted by Crippen LogP contribution is -2.45. The number of rotatable bonds is 4. The lowest BCUT2D eigenvalue weighted by atomic mass is 10.1. The monoisotopic (exact) mass is 303 g/mol. The minimum absolute atomic E-state index is 0.214. The van der Waals surface area contributed by atoms with Crippen LogP contribution in [0.2, 0.25) is 0 Å². The number of nitrogen functional groups attached to an aromatic ring is 1. The van der Waals surface area contributed by atoms with Crippen molar-refractivity contribution in [3.05, 3.63) is 24.0 Å². The first-order valence-electron chi connectivity index (χ1n) is 5.87. The van der Waals surface area contributed by atoms with Crippen molar-refractivity contribution in [2.75, 3.05) is 12.3 Å². The molecule has 0 aromatic heterocycles. The van der Waals surface area contributed by atoms with E-state index in [1.165, 1.54) is 0 Å². The summed E-state index contributed by atoms with van der Waals surface area (Å²) >= 11 is 0. The maximum atomic E-state index is 12.9. The summed E-state index contributed by atoms with van der Waals surface area (Å²) in [5.74, 6) is -1.10. The lowest BCUT2D eigenvalue weighted by molar-refractivity contribution is -0.121. The highest BCUT2D eigenvalue weighted by Crippen LogP contribution is 2.18. The van der Waals surface area contributed by atoms with Crippen molar-refractivity contribution < 1.29 is 17.6 Å². The zero-order valence-corrected chi connectivity index (χ0v) is 12.3. The Labute approximate surface area is 117 Å². The van der Waals surface area contributed by atoms with E-state index in [-0.39, 0.29) is 10.6 Å². The van der Waals surface area contributed by atoms with E-state index in [0.29, 0.717) is 0 Å². The SMILES string of the molecule is CC(C)(C)NC(=O)CNS(=O)(=O)c1ccc(F)cc1N. The van der Waals surface area contributed by atoms with E-state index in [0.717, 1.165) is 18.2 Å². The summed E-state index contributed by atoms with van der Waals surface area (Å²) in [5, 5.41) is 2.61. The number of halogens is 1. The highest BCUT2D eigenvalue weighted by molar-refractivity contribution is 7.89. The summed E-state index contributed by atoms with van der Waals surface area (Å²) < 4.78 is 38.9. The number of hydrogen-bond donors (Lipinski definition) is 3. The third kappa shape index (κ3) is 4.78. The molecule has 4 N–H and O–H groups in total. The molecule has 0 saturated carbocycles. The molecule has 0 aliphatic rings. The predicted molar refractivity (Wildman–Crippen MR) is 73.9 cm³/mol. The fraction of sp³-hybridized carbons (Fsp3) is 0.417. The number of nitrogens with two attached hydrogens (primary N) is 1. The molecule has 8 heteroatoms. The van der Waals surface area contributed by atoms with E-state index in [1.54, 1.807) is 20.8 Å². The van der Waals surface area contributed by atoms with Crippen molar-refractivity contribution in [2.45, 2.75) is 31.2 Å². The number of benzene rings is 1. The molecule has 1 aromatic carbocycles. The number of carbonyl (C=O) groups is 1. The molecule has 1 rings (SSSR count). The number of anilines is 1. The van der Waals surface area contributed by atoms with Crippen LogP contribution >= 0.6 is 0 Å². The maximum Gasteiger partial charge on any atom is 0.243 e. The van der Waals surface area contributed by atoms with Crippen LogP contribution in [0.3, 0.4) is 0 Å². The van der Waals surface area contributed by atoms with Gasteiger partial charge in [0.05, 0.1) is 12.2 Å². The minimum atomic E-state index is -3.96. The van der Waals surface area contributed by atoms with Crippen LogP contribution in [0.1, 0.15) is 20.8 Å². The van der Waals surface area contributed by atoms with Gasteiger partial charge in [0.25, 0.3) is 0 Å². The second-order valence-corrected chi connectivity index (χ2v) is 7.04. The Bertz CT molecular complexity index is 609. The van der Waals surface area contributed by atoms with Crippen LogP contribution < -0.4 is 15.8 Å². The van der Waals surface area contributed by atoms with Gasteiger partial charge in [0.2, 0.25) is 15.9 Å². The topological polar surface area (TPSA) is 101 Å². The van der Waals surface area contributed by atoms with Crippen molar-refractivity contribution in [2.24, 2.45) is 0 Å². The van der Waals surface area contributed by atoms with E-state index in [4.69, 9.17) is 5.73 Å². The van der Waals surface area contributed by atoms with Crippen LogP contribution in [0.5, 0.6) is 0 Å². The zero-order valence-electron chi connectivity index (χ0n) is 11.5.